The van der Waals surface area contributed by atoms with Crippen molar-refractivity contribution in [2.24, 2.45) is 0 Å². The number of amides is 1. The molecule has 4 nitrogen and oxygen atoms in total. The van der Waals surface area contributed by atoms with Crippen LogP contribution in [0.4, 0.5) is 8.78 Å². The van der Waals surface area contributed by atoms with E-state index >= 15 is 0 Å². The van der Waals surface area contributed by atoms with Crippen LogP contribution in [0.3, 0.4) is 0 Å². The lowest BCUT2D eigenvalue weighted by molar-refractivity contribution is 0.0927. The molecule has 0 radical (unpaired) electrons. The van der Waals surface area contributed by atoms with Crippen molar-refractivity contribution < 1.29 is 18.3 Å². The van der Waals surface area contributed by atoms with E-state index in [0.717, 1.165) is 27.6 Å². The molecule has 0 aliphatic carbocycles. The maximum atomic E-state index is 14.0. The molecule has 1 atom stereocenters. The van der Waals surface area contributed by atoms with Gasteiger partial charge in [-0.1, -0.05) is 39.0 Å². The van der Waals surface area contributed by atoms with E-state index in [2.05, 4.69) is 10.3 Å². The SMILES string of the molecule is CC(C)(C)c1c(C(=O)N[C@H]2CCOc3ccccc32)sc2c(-c3cc(F)cc(F)c3)ccnc12. The van der Waals surface area contributed by atoms with Gasteiger partial charge in [-0.2, -0.15) is 0 Å². The molecule has 0 fully saturated rings. The maximum Gasteiger partial charge on any atom is 0.262 e. The lowest BCUT2D eigenvalue weighted by Crippen LogP contribution is -2.33. The third-order valence-corrected chi connectivity index (χ3v) is 7.18. The number of nitrogens with zero attached hydrogens (tertiary/aromatic N) is 1. The number of halogens is 2. The topological polar surface area (TPSA) is 51.2 Å². The first kappa shape index (κ1) is 22.5. The molecule has 1 aliphatic heterocycles. The minimum Gasteiger partial charge on any atom is -0.493 e. The summed E-state index contributed by atoms with van der Waals surface area (Å²) in [6.07, 6.45) is 2.30. The summed E-state index contributed by atoms with van der Waals surface area (Å²) in [5.74, 6) is -0.707. The van der Waals surface area contributed by atoms with Gasteiger partial charge in [0.1, 0.15) is 17.4 Å². The quantitative estimate of drug-likeness (QED) is 0.353. The predicted octanol–water partition coefficient (Wildman–Crippen LogP) is 6.79. The van der Waals surface area contributed by atoms with Gasteiger partial charge in [0.25, 0.3) is 5.91 Å². The van der Waals surface area contributed by atoms with Gasteiger partial charge >= 0.3 is 0 Å². The zero-order valence-electron chi connectivity index (χ0n) is 19.1. The van der Waals surface area contributed by atoms with E-state index in [1.165, 1.54) is 23.5 Å². The summed E-state index contributed by atoms with van der Waals surface area (Å²) in [6, 6.07) is 12.7. The Morgan fingerprint density at radius 2 is 1.85 bits per heavy atom. The molecule has 4 aromatic rings. The fourth-order valence-corrected chi connectivity index (χ4v) is 5.91. The van der Waals surface area contributed by atoms with Crippen LogP contribution in [0.15, 0.2) is 54.7 Å². The molecule has 7 heteroatoms. The lowest BCUT2D eigenvalue weighted by Gasteiger charge is -2.27. The van der Waals surface area contributed by atoms with Gasteiger partial charge in [-0.25, -0.2) is 8.78 Å². The van der Waals surface area contributed by atoms with Gasteiger partial charge in [-0.15, -0.1) is 11.3 Å². The standard InChI is InChI=1S/C27H24F2N2O2S/c1-27(2,3)22-23-24(18(8-10-30-23)15-12-16(28)14-17(29)13-15)34-25(22)26(32)31-20-9-11-33-21-7-5-4-6-19(20)21/h4-8,10,12-14,20H,9,11H2,1-3H3,(H,31,32)/t20-/m0/s1. The van der Waals surface area contributed by atoms with Crippen LogP contribution in [-0.4, -0.2) is 17.5 Å². The zero-order chi connectivity index (χ0) is 24.0. The van der Waals surface area contributed by atoms with E-state index in [9.17, 15) is 13.6 Å². The van der Waals surface area contributed by atoms with Gasteiger partial charge < -0.3 is 10.1 Å². The Balaban J connectivity index is 1.62. The predicted molar refractivity (Wildman–Crippen MR) is 130 cm³/mol. The number of thiophene rings is 1. The summed E-state index contributed by atoms with van der Waals surface area (Å²) < 4.78 is 34.4. The second-order valence-electron chi connectivity index (χ2n) is 9.45. The van der Waals surface area contributed by atoms with Gasteiger partial charge in [0.2, 0.25) is 0 Å². The molecule has 174 valence electrons. The average Bonchev–Trinajstić information content (AvgIpc) is 3.19. The Labute approximate surface area is 200 Å². The van der Waals surface area contributed by atoms with E-state index in [4.69, 9.17) is 4.74 Å². The Kier molecular flexibility index (Phi) is 5.60. The first-order chi connectivity index (χ1) is 16.2. The number of nitrogens with one attached hydrogen (secondary N) is 1. The Bertz CT molecular complexity index is 1390. The van der Waals surface area contributed by atoms with Crippen molar-refractivity contribution in [2.45, 2.75) is 38.6 Å². The van der Waals surface area contributed by atoms with Crippen LogP contribution in [0.1, 0.15) is 54.0 Å². The lowest BCUT2D eigenvalue weighted by atomic mass is 9.85. The van der Waals surface area contributed by atoms with Crippen LogP contribution in [0.25, 0.3) is 21.3 Å². The molecule has 2 aromatic carbocycles. The fraction of sp³-hybridized carbons (Fsp3) is 0.259. The summed E-state index contributed by atoms with van der Waals surface area (Å²) >= 11 is 1.31. The van der Waals surface area contributed by atoms with E-state index in [-0.39, 0.29) is 17.4 Å². The van der Waals surface area contributed by atoms with Gasteiger partial charge in [-0.05, 0) is 35.2 Å². The van der Waals surface area contributed by atoms with Gasteiger partial charge in [0.05, 0.1) is 27.7 Å². The Hall–Kier alpha value is -3.32. The largest absolute Gasteiger partial charge is 0.493 e. The van der Waals surface area contributed by atoms with Crippen molar-refractivity contribution in [3.05, 3.63) is 82.4 Å². The van der Waals surface area contributed by atoms with Gasteiger partial charge in [0.15, 0.2) is 0 Å². The molecule has 3 heterocycles. The second-order valence-corrected chi connectivity index (χ2v) is 10.5. The molecule has 0 bridgehead atoms. The van der Waals surface area contributed by atoms with Crippen molar-refractivity contribution in [3.8, 4) is 16.9 Å². The molecule has 2 aromatic heterocycles. The second kappa shape index (κ2) is 8.47. The van der Waals surface area contributed by atoms with Crippen molar-refractivity contribution >= 4 is 27.5 Å². The number of rotatable bonds is 3. The third-order valence-electron chi connectivity index (χ3n) is 5.97. The number of benzene rings is 2. The molecule has 0 spiro atoms. The van der Waals surface area contributed by atoms with Crippen molar-refractivity contribution in [3.63, 3.8) is 0 Å². The monoisotopic (exact) mass is 478 g/mol. The van der Waals surface area contributed by atoms with Gasteiger partial charge in [0, 0.05) is 35.4 Å². The molecule has 34 heavy (non-hydrogen) atoms. The first-order valence-corrected chi connectivity index (χ1v) is 11.9. The normalized spacial score (nSPS) is 15.6. The van der Waals surface area contributed by atoms with Crippen LogP contribution < -0.4 is 10.1 Å². The van der Waals surface area contributed by atoms with Crippen molar-refractivity contribution in [1.29, 1.82) is 0 Å². The summed E-state index contributed by atoms with van der Waals surface area (Å²) in [5.41, 5.74) is 3.14. The maximum absolute atomic E-state index is 14.0. The number of aromatic nitrogens is 1. The first-order valence-electron chi connectivity index (χ1n) is 11.1. The molecular weight excluding hydrogens is 454 g/mol. The van der Waals surface area contributed by atoms with Crippen molar-refractivity contribution in [2.75, 3.05) is 6.61 Å². The van der Waals surface area contributed by atoms with Crippen LogP contribution in [-0.2, 0) is 5.41 Å². The summed E-state index contributed by atoms with van der Waals surface area (Å²) in [4.78, 5) is 18.8. The smallest absolute Gasteiger partial charge is 0.262 e. The number of para-hydroxylation sites is 1. The summed E-state index contributed by atoms with van der Waals surface area (Å²) in [6.45, 7) is 6.62. The van der Waals surface area contributed by atoms with Crippen LogP contribution in [0.5, 0.6) is 5.75 Å². The minimum atomic E-state index is -0.649. The van der Waals surface area contributed by atoms with Gasteiger partial charge in [-0.3, -0.25) is 9.78 Å². The van der Waals surface area contributed by atoms with E-state index in [1.54, 1.807) is 12.3 Å². The number of hydrogen-bond acceptors (Lipinski definition) is 4. The minimum absolute atomic E-state index is 0.166. The number of pyridine rings is 1. The van der Waals surface area contributed by atoms with E-state index in [1.807, 2.05) is 45.0 Å². The van der Waals surface area contributed by atoms with Crippen LogP contribution in [0, 0.1) is 11.6 Å². The number of fused-ring (bicyclic) bond motifs is 2. The number of carbonyl (C=O) groups excluding carboxylic acids is 1. The molecule has 1 N–H and O–H groups in total. The highest BCUT2D eigenvalue weighted by Gasteiger charge is 2.31. The molecule has 0 saturated heterocycles. The summed E-state index contributed by atoms with van der Waals surface area (Å²) in [5, 5.41) is 3.19. The molecule has 1 amide bonds. The Morgan fingerprint density at radius 1 is 1.12 bits per heavy atom. The molecular formula is C27H24F2N2O2S. The summed E-state index contributed by atoms with van der Waals surface area (Å²) in [7, 11) is 0. The van der Waals surface area contributed by atoms with Crippen LogP contribution in [0.2, 0.25) is 0 Å². The molecule has 1 aliphatic rings. The molecule has 0 saturated carbocycles. The molecule has 0 unspecified atom stereocenters. The highest BCUT2D eigenvalue weighted by molar-refractivity contribution is 7.21. The van der Waals surface area contributed by atoms with Crippen molar-refractivity contribution in [1.82, 2.24) is 10.3 Å². The molecule has 5 rings (SSSR count). The number of hydrogen-bond donors (Lipinski definition) is 1. The fourth-order valence-electron chi connectivity index (χ4n) is 4.50. The van der Waals surface area contributed by atoms with E-state index < -0.39 is 11.6 Å². The zero-order valence-corrected chi connectivity index (χ0v) is 19.9. The van der Waals surface area contributed by atoms with Crippen LogP contribution >= 0.6 is 11.3 Å². The third kappa shape index (κ3) is 4.05. The number of ether oxygens (including phenoxy) is 1. The highest BCUT2D eigenvalue weighted by Crippen LogP contribution is 2.43. The Morgan fingerprint density at radius 3 is 2.59 bits per heavy atom. The van der Waals surface area contributed by atoms with E-state index in [0.29, 0.717) is 34.5 Å². The number of carbonyl (C=O) groups is 1. The average molecular weight is 479 g/mol. The highest BCUT2D eigenvalue weighted by atomic mass is 32.1.